The molecular formula is C19H25N7O2S2. The molecule has 5 heterocycles. The summed E-state index contributed by atoms with van der Waals surface area (Å²) in [5.74, 6) is 2.01. The van der Waals surface area contributed by atoms with Gasteiger partial charge in [0.15, 0.2) is 5.16 Å². The number of morpholine rings is 1. The molecule has 0 saturated carbocycles. The Morgan fingerprint density at radius 3 is 3.07 bits per heavy atom. The summed E-state index contributed by atoms with van der Waals surface area (Å²) in [5.41, 5.74) is 6.26. The molecule has 160 valence electrons. The van der Waals surface area contributed by atoms with Gasteiger partial charge < -0.3 is 9.64 Å². The van der Waals surface area contributed by atoms with Crippen molar-refractivity contribution in [1.82, 2.24) is 30.4 Å². The first kappa shape index (κ1) is 19.1. The van der Waals surface area contributed by atoms with Crippen LogP contribution >= 0.6 is 23.1 Å². The maximum atomic E-state index is 12.6. The molecule has 2 N–H and O–H groups in total. The highest BCUT2D eigenvalue weighted by molar-refractivity contribution is 7.99. The molecule has 2 atom stereocenters. The summed E-state index contributed by atoms with van der Waals surface area (Å²) in [5, 5.41) is 16.6. The van der Waals surface area contributed by atoms with E-state index in [1.807, 2.05) is 16.2 Å². The number of nitrogens with one attached hydrogen (secondary N) is 2. The van der Waals surface area contributed by atoms with Gasteiger partial charge in [0, 0.05) is 23.5 Å². The van der Waals surface area contributed by atoms with E-state index in [2.05, 4.69) is 37.4 Å². The van der Waals surface area contributed by atoms with Crippen LogP contribution in [0.3, 0.4) is 0 Å². The molecule has 1 unspecified atom stereocenters. The Morgan fingerprint density at radius 1 is 1.33 bits per heavy atom. The van der Waals surface area contributed by atoms with Gasteiger partial charge in [-0.3, -0.25) is 15.1 Å². The van der Waals surface area contributed by atoms with E-state index < -0.39 is 0 Å². The molecule has 0 radical (unpaired) electrons. The summed E-state index contributed by atoms with van der Waals surface area (Å²) < 4.78 is 7.51. The first-order valence-corrected chi connectivity index (χ1v) is 12.4. The number of ether oxygens (including phenoxy) is 1. The van der Waals surface area contributed by atoms with E-state index in [1.54, 1.807) is 0 Å². The topological polar surface area (TPSA) is 87.6 Å². The number of thiophene rings is 1. The molecule has 1 amide bonds. The van der Waals surface area contributed by atoms with Crippen molar-refractivity contribution in [3.63, 3.8) is 0 Å². The molecule has 4 aliphatic rings. The van der Waals surface area contributed by atoms with E-state index in [4.69, 9.17) is 4.74 Å². The Hall–Kier alpha value is -1.66. The number of hydrogen-bond acceptors (Lipinski definition) is 9. The average molecular weight is 448 g/mol. The SMILES string of the molecule is C[C@@H]1CCc2sc3c(c2C1)C1NCNN1c1nnc(SCC(=O)N2CCOCC2)n1-3. The van der Waals surface area contributed by atoms with Crippen LogP contribution in [0.2, 0.25) is 0 Å². The maximum Gasteiger partial charge on any atom is 0.249 e. The van der Waals surface area contributed by atoms with Crippen LogP contribution in [0.4, 0.5) is 5.95 Å². The number of amides is 1. The third-order valence-electron chi connectivity index (χ3n) is 6.33. The van der Waals surface area contributed by atoms with E-state index in [9.17, 15) is 4.79 Å². The number of hydrazine groups is 1. The Bertz CT molecular complexity index is 984. The number of hydrogen-bond donors (Lipinski definition) is 2. The standard InChI is InChI=1S/C19H25N7O2S2/c1-11-2-3-13-12(8-11)15-16-20-10-21-26(16)18-22-23-19(25(18)17(15)30-13)29-9-14(27)24-4-6-28-7-5-24/h11,16,20-21H,2-10H2,1H3/t11-,16?/m1/s1. The minimum atomic E-state index is 0.0924. The molecule has 9 nitrogen and oxygen atoms in total. The van der Waals surface area contributed by atoms with Crippen LogP contribution in [0.25, 0.3) is 5.00 Å². The predicted octanol–water partition coefficient (Wildman–Crippen LogP) is 1.29. The van der Waals surface area contributed by atoms with E-state index >= 15 is 0 Å². The number of anilines is 1. The van der Waals surface area contributed by atoms with Gasteiger partial charge in [-0.05, 0) is 30.7 Å². The fraction of sp³-hybridized carbons (Fsp3) is 0.632. The van der Waals surface area contributed by atoms with E-state index in [0.717, 1.165) is 23.9 Å². The van der Waals surface area contributed by atoms with Crippen LogP contribution in [0.15, 0.2) is 5.16 Å². The molecule has 11 heteroatoms. The fourth-order valence-corrected chi connectivity index (χ4v) is 7.03. The van der Waals surface area contributed by atoms with Crippen LogP contribution in [-0.4, -0.2) is 64.3 Å². The van der Waals surface area contributed by atoms with Crippen molar-refractivity contribution < 1.29 is 9.53 Å². The van der Waals surface area contributed by atoms with Crippen molar-refractivity contribution in [1.29, 1.82) is 0 Å². The summed E-state index contributed by atoms with van der Waals surface area (Å²) in [6.45, 7) is 5.62. The second-order valence-corrected chi connectivity index (χ2v) is 10.3. The Balaban J connectivity index is 1.34. The number of aryl methyl sites for hydroxylation is 1. The van der Waals surface area contributed by atoms with Crippen LogP contribution in [0.1, 0.15) is 35.5 Å². The van der Waals surface area contributed by atoms with E-state index in [1.165, 1.54) is 39.2 Å². The molecule has 6 rings (SSSR count). The Morgan fingerprint density at radius 2 is 2.20 bits per heavy atom. The van der Waals surface area contributed by atoms with Crippen molar-refractivity contribution in [2.75, 3.05) is 43.7 Å². The van der Waals surface area contributed by atoms with Crippen molar-refractivity contribution in [2.24, 2.45) is 5.92 Å². The van der Waals surface area contributed by atoms with Crippen LogP contribution in [-0.2, 0) is 22.4 Å². The lowest BCUT2D eigenvalue weighted by Gasteiger charge is -2.31. The number of fused-ring (bicyclic) bond motifs is 8. The van der Waals surface area contributed by atoms with E-state index in [-0.39, 0.29) is 12.1 Å². The summed E-state index contributed by atoms with van der Waals surface area (Å²) in [7, 11) is 0. The molecule has 1 aliphatic carbocycles. The van der Waals surface area contributed by atoms with Gasteiger partial charge in [-0.15, -0.1) is 21.5 Å². The molecule has 2 aromatic rings. The number of carbonyl (C=O) groups is 1. The van der Waals surface area contributed by atoms with Crippen molar-refractivity contribution in [3.8, 4) is 5.00 Å². The zero-order valence-corrected chi connectivity index (χ0v) is 18.5. The van der Waals surface area contributed by atoms with Gasteiger partial charge in [-0.1, -0.05) is 18.7 Å². The van der Waals surface area contributed by atoms with Gasteiger partial charge in [0.2, 0.25) is 11.9 Å². The molecule has 0 aromatic carbocycles. The largest absolute Gasteiger partial charge is 0.378 e. The first-order valence-electron chi connectivity index (χ1n) is 10.6. The zero-order chi connectivity index (χ0) is 20.2. The molecule has 3 aliphatic heterocycles. The normalized spacial score (nSPS) is 25.0. The average Bonchev–Trinajstić information content (AvgIpc) is 3.48. The van der Waals surface area contributed by atoms with E-state index in [0.29, 0.717) is 44.6 Å². The minimum Gasteiger partial charge on any atom is -0.378 e. The lowest BCUT2D eigenvalue weighted by molar-refractivity contribution is -0.132. The highest BCUT2D eigenvalue weighted by Gasteiger charge is 2.42. The van der Waals surface area contributed by atoms with Crippen molar-refractivity contribution in [3.05, 3.63) is 16.0 Å². The molecule has 2 aromatic heterocycles. The number of aromatic nitrogens is 3. The van der Waals surface area contributed by atoms with Gasteiger partial charge in [-0.25, -0.2) is 9.99 Å². The lowest BCUT2D eigenvalue weighted by atomic mass is 9.87. The van der Waals surface area contributed by atoms with Gasteiger partial charge in [-0.2, -0.15) is 0 Å². The molecule has 2 fully saturated rings. The molecule has 0 bridgehead atoms. The smallest absolute Gasteiger partial charge is 0.249 e. The second kappa shape index (κ2) is 7.49. The van der Waals surface area contributed by atoms with Crippen molar-refractivity contribution >= 4 is 35.0 Å². The van der Waals surface area contributed by atoms with Gasteiger partial charge in [0.05, 0.1) is 25.6 Å². The highest BCUT2D eigenvalue weighted by atomic mass is 32.2. The third kappa shape index (κ3) is 2.98. The predicted molar refractivity (Wildman–Crippen MR) is 115 cm³/mol. The summed E-state index contributed by atoms with van der Waals surface area (Å²) in [6, 6.07) is 0. The second-order valence-electron chi connectivity index (χ2n) is 8.28. The van der Waals surface area contributed by atoms with Gasteiger partial charge in [0.1, 0.15) is 11.2 Å². The fourth-order valence-electron chi connectivity index (χ4n) is 4.76. The quantitative estimate of drug-likeness (QED) is 0.681. The number of thioether (sulfide) groups is 1. The Labute approximate surface area is 183 Å². The maximum absolute atomic E-state index is 12.6. The lowest BCUT2D eigenvalue weighted by Crippen LogP contribution is -2.41. The summed E-state index contributed by atoms with van der Waals surface area (Å²) in [6.07, 6.45) is 3.61. The van der Waals surface area contributed by atoms with Crippen LogP contribution in [0.5, 0.6) is 0 Å². The molecule has 0 spiro atoms. The van der Waals surface area contributed by atoms with Gasteiger partial charge >= 0.3 is 0 Å². The van der Waals surface area contributed by atoms with Gasteiger partial charge in [0.25, 0.3) is 0 Å². The number of rotatable bonds is 3. The molecule has 30 heavy (non-hydrogen) atoms. The monoisotopic (exact) mass is 447 g/mol. The molecule has 2 saturated heterocycles. The summed E-state index contributed by atoms with van der Waals surface area (Å²) >= 11 is 3.35. The zero-order valence-electron chi connectivity index (χ0n) is 16.9. The third-order valence-corrected chi connectivity index (χ3v) is 8.54. The van der Waals surface area contributed by atoms with Crippen molar-refractivity contribution in [2.45, 2.75) is 37.5 Å². The number of carbonyl (C=O) groups excluding carboxylic acids is 1. The first-order chi connectivity index (χ1) is 14.7. The summed E-state index contributed by atoms with van der Waals surface area (Å²) in [4.78, 5) is 16.0. The minimum absolute atomic E-state index is 0.0924. The highest BCUT2D eigenvalue weighted by Crippen LogP contribution is 2.48. The molecular weight excluding hydrogens is 422 g/mol. The Kier molecular flexibility index (Phi) is 4.75. The van der Waals surface area contributed by atoms with Crippen LogP contribution in [0, 0.1) is 5.92 Å². The number of nitrogens with zero attached hydrogens (tertiary/aromatic N) is 5. The van der Waals surface area contributed by atoms with Crippen LogP contribution < -0.4 is 15.8 Å².